The molecule has 0 aliphatic rings. The van der Waals surface area contributed by atoms with Crippen LogP contribution in [0.5, 0.6) is 0 Å². The zero-order valence-electron chi connectivity index (χ0n) is 15.3. The summed E-state index contributed by atoms with van der Waals surface area (Å²) in [6.07, 6.45) is 0.372. The van der Waals surface area contributed by atoms with Crippen molar-refractivity contribution < 1.29 is 9.59 Å². The summed E-state index contributed by atoms with van der Waals surface area (Å²) >= 11 is 6.22. The van der Waals surface area contributed by atoms with Gasteiger partial charge < -0.3 is 10.6 Å². The molecule has 2 aromatic rings. The van der Waals surface area contributed by atoms with E-state index in [2.05, 4.69) is 10.6 Å². The van der Waals surface area contributed by atoms with Crippen molar-refractivity contribution in [3.8, 4) is 0 Å². The molecule has 0 spiro atoms. The molecule has 0 fully saturated rings. The van der Waals surface area contributed by atoms with Gasteiger partial charge in [-0.3, -0.25) is 9.59 Å². The zero-order valence-corrected chi connectivity index (χ0v) is 16.1. The Morgan fingerprint density at radius 3 is 2.15 bits per heavy atom. The summed E-state index contributed by atoms with van der Waals surface area (Å²) in [5.41, 5.74) is 1.58. The highest BCUT2D eigenvalue weighted by atomic mass is 35.5. The first kappa shape index (κ1) is 20.0. The zero-order chi connectivity index (χ0) is 19.1. The van der Waals surface area contributed by atoms with E-state index in [1.807, 2.05) is 69.3 Å². The Hall–Kier alpha value is -2.33. The number of nitrogens with one attached hydrogen (secondary N) is 2. The molecule has 0 radical (unpaired) electrons. The van der Waals surface area contributed by atoms with Gasteiger partial charge >= 0.3 is 0 Å². The molecular formula is C21H25ClN2O2. The smallest absolute Gasteiger partial charge is 0.247 e. The van der Waals surface area contributed by atoms with Gasteiger partial charge in [-0.15, -0.1) is 0 Å². The maximum atomic E-state index is 12.9. The number of benzene rings is 2. The van der Waals surface area contributed by atoms with Crippen molar-refractivity contribution in [2.75, 3.05) is 0 Å². The number of amides is 2. The third-order valence-electron chi connectivity index (χ3n) is 4.02. The van der Waals surface area contributed by atoms with Gasteiger partial charge in [-0.2, -0.15) is 0 Å². The molecule has 26 heavy (non-hydrogen) atoms. The predicted octanol–water partition coefficient (Wildman–Crippen LogP) is 4.42. The van der Waals surface area contributed by atoms with Crippen LogP contribution in [0.4, 0.5) is 0 Å². The number of carbonyl (C=O) groups is 2. The first-order valence-corrected chi connectivity index (χ1v) is 9.15. The van der Waals surface area contributed by atoms with Crippen molar-refractivity contribution in [3.63, 3.8) is 0 Å². The van der Waals surface area contributed by atoms with Crippen LogP contribution in [0, 0.1) is 5.92 Å². The molecule has 0 aliphatic heterocycles. The third kappa shape index (κ3) is 5.60. The minimum atomic E-state index is -0.743. The van der Waals surface area contributed by atoms with Crippen LogP contribution in [-0.4, -0.2) is 11.8 Å². The van der Waals surface area contributed by atoms with Crippen LogP contribution in [0.15, 0.2) is 54.6 Å². The lowest BCUT2D eigenvalue weighted by Gasteiger charge is -2.23. The molecule has 0 heterocycles. The van der Waals surface area contributed by atoms with Crippen molar-refractivity contribution in [1.29, 1.82) is 0 Å². The summed E-state index contributed by atoms with van der Waals surface area (Å²) in [7, 11) is 0. The normalized spacial score (nSPS) is 13.1. The summed E-state index contributed by atoms with van der Waals surface area (Å²) < 4.78 is 0. The van der Waals surface area contributed by atoms with E-state index in [1.54, 1.807) is 6.07 Å². The molecular weight excluding hydrogens is 348 g/mol. The second-order valence-corrected chi connectivity index (χ2v) is 7.17. The molecule has 138 valence electrons. The van der Waals surface area contributed by atoms with Gasteiger partial charge in [0.15, 0.2) is 0 Å². The van der Waals surface area contributed by atoms with E-state index in [9.17, 15) is 9.59 Å². The summed E-state index contributed by atoms with van der Waals surface area (Å²) in [6, 6.07) is 15.6. The average molecular weight is 373 g/mol. The SMILES string of the molecule is CC(C)CC(=O)NC(C(=O)NC(C)c1ccccc1Cl)c1ccccc1. The van der Waals surface area contributed by atoms with Gasteiger partial charge in [0.1, 0.15) is 6.04 Å². The maximum Gasteiger partial charge on any atom is 0.247 e. The maximum absolute atomic E-state index is 12.9. The molecule has 2 unspecified atom stereocenters. The number of hydrogen-bond donors (Lipinski definition) is 2. The van der Waals surface area contributed by atoms with Crippen molar-refractivity contribution in [2.45, 2.75) is 39.3 Å². The second-order valence-electron chi connectivity index (χ2n) is 6.76. The largest absolute Gasteiger partial charge is 0.347 e. The molecule has 5 heteroatoms. The molecule has 4 nitrogen and oxygen atoms in total. The van der Waals surface area contributed by atoms with E-state index < -0.39 is 6.04 Å². The van der Waals surface area contributed by atoms with Crippen LogP contribution in [0.1, 0.15) is 50.4 Å². The molecule has 2 N–H and O–H groups in total. The van der Waals surface area contributed by atoms with Gasteiger partial charge in [0.05, 0.1) is 6.04 Å². The van der Waals surface area contributed by atoms with Crippen LogP contribution in [0.2, 0.25) is 5.02 Å². The van der Waals surface area contributed by atoms with Crippen LogP contribution in [0.25, 0.3) is 0 Å². The Morgan fingerprint density at radius 2 is 1.54 bits per heavy atom. The van der Waals surface area contributed by atoms with Crippen LogP contribution in [-0.2, 0) is 9.59 Å². The van der Waals surface area contributed by atoms with E-state index in [4.69, 9.17) is 11.6 Å². The highest BCUT2D eigenvalue weighted by Gasteiger charge is 2.24. The summed E-state index contributed by atoms with van der Waals surface area (Å²) in [5.74, 6) is -0.188. The Bertz CT molecular complexity index is 747. The molecule has 0 bridgehead atoms. The van der Waals surface area contributed by atoms with E-state index in [1.165, 1.54) is 0 Å². The first-order valence-electron chi connectivity index (χ1n) is 8.77. The highest BCUT2D eigenvalue weighted by Crippen LogP contribution is 2.23. The fourth-order valence-electron chi connectivity index (χ4n) is 2.74. The highest BCUT2D eigenvalue weighted by molar-refractivity contribution is 6.31. The molecule has 0 saturated heterocycles. The lowest BCUT2D eigenvalue weighted by molar-refractivity contribution is -0.130. The molecule has 2 rings (SSSR count). The quantitative estimate of drug-likeness (QED) is 0.755. The first-order chi connectivity index (χ1) is 12.4. The van der Waals surface area contributed by atoms with Crippen molar-refractivity contribution in [2.24, 2.45) is 5.92 Å². The lowest BCUT2D eigenvalue weighted by Crippen LogP contribution is -2.41. The Morgan fingerprint density at radius 1 is 0.923 bits per heavy atom. The van der Waals surface area contributed by atoms with Crippen LogP contribution >= 0.6 is 11.6 Å². The summed E-state index contributed by atoms with van der Waals surface area (Å²) in [6.45, 7) is 5.81. The molecule has 2 atom stereocenters. The monoisotopic (exact) mass is 372 g/mol. The number of carbonyl (C=O) groups excluding carboxylic acids is 2. The van der Waals surface area contributed by atoms with E-state index in [0.717, 1.165) is 11.1 Å². The van der Waals surface area contributed by atoms with E-state index in [-0.39, 0.29) is 23.8 Å². The molecule has 2 amide bonds. The number of hydrogen-bond acceptors (Lipinski definition) is 2. The van der Waals surface area contributed by atoms with Crippen LogP contribution < -0.4 is 10.6 Å². The van der Waals surface area contributed by atoms with E-state index >= 15 is 0 Å². The van der Waals surface area contributed by atoms with Gasteiger partial charge in [0.25, 0.3) is 0 Å². The Labute approximate surface area is 159 Å². The standard InChI is InChI=1S/C21H25ClN2O2/c1-14(2)13-19(25)24-20(16-9-5-4-6-10-16)21(26)23-15(3)17-11-7-8-12-18(17)22/h4-12,14-15,20H,13H2,1-3H3,(H,23,26)(H,24,25). The molecule has 0 aromatic heterocycles. The van der Waals surface area contributed by atoms with Crippen LogP contribution in [0.3, 0.4) is 0 Å². The topological polar surface area (TPSA) is 58.2 Å². The minimum Gasteiger partial charge on any atom is -0.347 e. The summed E-state index contributed by atoms with van der Waals surface area (Å²) in [5, 5.41) is 6.41. The molecule has 0 saturated carbocycles. The lowest BCUT2D eigenvalue weighted by atomic mass is 10.0. The van der Waals surface area contributed by atoms with Gasteiger partial charge in [-0.05, 0) is 30.0 Å². The van der Waals surface area contributed by atoms with Gasteiger partial charge in [-0.1, -0.05) is 74.0 Å². The average Bonchev–Trinajstić information content (AvgIpc) is 2.60. The van der Waals surface area contributed by atoms with Gasteiger partial charge in [0.2, 0.25) is 11.8 Å². The Kier molecular flexibility index (Phi) is 7.22. The van der Waals surface area contributed by atoms with Gasteiger partial charge in [0, 0.05) is 11.4 Å². The fraction of sp³-hybridized carbons (Fsp3) is 0.333. The molecule has 0 aliphatic carbocycles. The van der Waals surface area contributed by atoms with E-state index in [0.29, 0.717) is 11.4 Å². The summed E-state index contributed by atoms with van der Waals surface area (Å²) in [4.78, 5) is 25.1. The fourth-order valence-corrected chi connectivity index (χ4v) is 3.04. The number of halogens is 1. The Balaban J connectivity index is 2.17. The second kappa shape index (κ2) is 9.39. The van der Waals surface area contributed by atoms with Gasteiger partial charge in [-0.25, -0.2) is 0 Å². The minimum absolute atomic E-state index is 0.144. The third-order valence-corrected chi connectivity index (χ3v) is 4.37. The van der Waals surface area contributed by atoms with Crippen molar-refractivity contribution >= 4 is 23.4 Å². The van der Waals surface area contributed by atoms with Crippen molar-refractivity contribution in [1.82, 2.24) is 10.6 Å². The predicted molar refractivity (Wildman–Crippen MR) is 105 cm³/mol. The number of rotatable bonds is 7. The molecule has 2 aromatic carbocycles. The van der Waals surface area contributed by atoms with Crippen molar-refractivity contribution in [3.05, 3.63) is 70.7 Å².